The maximum absolute atomic E-state index is 12.1. The molecule has 0 fully saturated rings. The molecule has 2 aromatic carbocycles. The lowest BCUT2D eigenvalue weighted by Gasteiger charge is -2.06. The lowest BCUT2D eigenvalue weighted by atomic mass is 10.2. The number of amides is 1. The van der Waals surface area contributed by atoms with Crippen molar-refractivity contribution in [2.24, 2.45) is 0 Å². The van der Waals surface area contributed by atoms with E-state index in [2.05, 4.69) is 26.3 Å². The molecule has 0 unspecified atom stereocenters. The summed E-state index contributed by atoms with van der Waals surface area (Å²) in [6.45, 7) is -0.0271. The van der Waals surface area contributed by atoms with Crippen molar-refractivity contribution < 1.29 is 9.72 Å². The fraction of sp³-hybridized carbons (Fsp3) is 0.0667. The first-order valence-corrected chi connectivity index (χ1v) is 7.47. The zero-order valence-electron chi connectivity index (χ0n) is 11.8. The number of non-ortho nitro benzene ring substituents is 1. The van der Waals surface area contributed by atoms with E-state index in [9.17, 15) is 14.9 Å². The molecule has 1 amide bonds. The summed E-state index contributed by atoms with van der Waals surface area (Å²) in [7, 11) is 0. The highest BCUT2D eigenvalue weighted by molar-refractivity contribution is 9.10. The van der Waals surface area contributed by atoms with Crippen LogP contribution in [0.25, 0.3) is 10.9 Å². The lowest BCUT2D eigenvalue weighted by Crippen LogP contribution is -2.19. The molecule has 1 heterocycles. The number of rotatable bonds is 4. The van der Waals surface area contributed by atoms with Crippen LogP contribution in [0.2, 0.25) is 0 Å². The molecule has 0 saturated carbocycles. The summed E-state index contributed by atoms with van der Waals surface area (Å²) in [6, 6.07) is 11.6. The number of nitro groups is 1. The quantitative estimate of drug-likeness (QED) is 0.559. The van der Waals surface area contributed by atoms with Crippen molar-refractivity contribution >= 4 is 44.1 Å². The standard InChI is InChI=1S/C15H11BrN4O3/c16-11-2-4-12(5-3-11)18-15(21)9-19-14-7-13(20(22)23)6-1-10(14)8-17-19/h1-8H,9H2,(H,18,21). The van der Waals surface area contributed by atoms with E-state index in [1.54, 1.807) is 24.4 Å². The number of carbonyl (C=O) groups is 1. The first kappa shape index (κ1) is 15.2. The van der Waals surface area contributed by atoms with Gasteiger partial charge in [0.25, 0.3) is 5.69 Å². The number of nitrogens with one attached hydrogen (secondary N) is 1. The fourth-order valence-electron chi connectivity index (χ4n) is 2.17. The van der Waals surface area contributed by atoms with Gasteiger partial charge >= 0.3 is 0 Å². The number of benzene rings is 2. The third-order valence-electron chi connectivity index (χ3n) is 3.26. The van der Waals surface area contributed by atoms with Crippen molar-refractivity contribution in [1.29, 1.82) is 0 Å². The molecule has 0 aliphatic rings. The molecular weight excluding hydrogens is 364 g/mol. The van der Waals surface area contributed by atoms with Gasteiger partial charge in [0.05, 0.1) is 16.6 Å². The fourth-order valence-corrected chi connectivity index (χ4v) is 2.43. The largest absolute Gasteiger partial charge is 0.324 e. The van der Waals surface area contributed by atoms with Crippen LogP contribution < -0.4 is 5.32 Å². The van der Waals surface area contributed by atoms with Gasteiger partial charge in [0, 0.05) is 27.7 Å². The van der Waals surface area contributed by atoms with E-state index < -0.39 is 4.92 Å². The van der Waals surface area contributed by atoms with Crippen LogP contribution in [-0.2, 0) is 11.3 Å². The maximum Gasteiger partial charge on any atom is 0.271 e. The van der Waals surface area contributed by atoms with Gasteiger partial charge in [-0.15, -0.1) is 0 Å². The Morgan fingerprint density at radius 2 is 2.00 bits per heavy atom. The number of nitro benzene ring substituents is 1. The van der Waals surface area contributed by atoms with E-state index in [0.717, 1.165) is 9.86 Å². The first-order valence-electron chi connectivity index (χ1n) is 6.68. The zero-order valence-corrected chi connectivity index (χ0v) is 13.4. The van der Waals surface area contributed by atoms with E-state index in [1.807, 2.05) is 12.1 Å². The van der Waals surface area contributed by atoms with Crippen LogP contribution in [-0.4, -0.2) is 20.6 Å². The van der Waals surface area contributed by atoms with Crippen molar-refractivity contribution in [2.45, 2.75) is 6.54 Å². The van der Waals surface area contributed by atoms with E-state index >= 15 is 0 Å². The summed E-state index contributed by atoms with van der Waals surface area (Å²) in [4.78, 5) is 22.5. The number of anilines is 1. The highest BCUT2D eigenvalue weighted by Crippen LogP contribution is 2.20. The van der Waals surface area contributed by atoms with Crippen LogP contribution in [0.1, 0.15) is 0 Å². The van der Waals surface area contributed by atoms with Gasteiger partial charge in [0.15, 0.2) is 0 Å². The number of aromatic nitrogens is 2. The monoisotopic (exact) mass is 374 g/mol. The minimum absolute atomic E-state index is 0.0271. The zero-order chi connectivity index (χ0) is 16.4. The summed E-state index contributed by atoms with van der Waals surface area (Å²) in [6.07, 6.45) is 1.58. The molecule has 0 bridgehead atoms. The average molecular weight is 375 g/mol. The third-order valence-corrected chi connectivity index (χ3v) is 3.79. The van der Waals surface area contributed by atoms with Gasteiger partial charge in [-0.3, -0.25) is 19.6 Å². The van der Waals surface area contributed by atoms with E-state index in [-0.39, 0.29) is 18.1 Å². The highest BCUT2D eigenvalue weighted by Gasteiger charge is 2.12. The average Bonchev–Trinajstić information content (AvgIpc) is 2.92. The Morgan fingerprint density at radius 1 is 1.26 bits per heavy atom. The van der Waals surface area contributed by atoms with Crippen LogP contribution in [0, 0.1) is 10.1 Å². The Morgan fingerprint density at radius 3 is 2.70 bits per heavy atom. The number of carbonyl (C=O) groups excluding carboxylic acids is 1. The maximum atomic E-state index is 12.1. The van der Waals surface area contributed by atoms with Crippen LogP contribution in [0.3, 0.4) is 0 Å². The second kappa shape index (κ2) is 6.17. The number of fused-ring (bicyclic) bond motifs is 1. The molecule has 8 heteroatoms. The Hall–Kier alpha value is -2.74. The molecule has 3 aromatic rings. The van der Waals surface area contributed by atoms with Gasteiger partial charge in [-0.25, -0.2) is 0 Å². The number of hydrogen-bond acceptors (Lipinski definition) is 4. The summed E-state index contributed by atoms with van der Waals surface area (Å²) in [5, 5.41) is 18.5. The Kier molecular flexibility index (Phi) is 4.07. The minimum atomic E-state index is -0.474. The van der Waals surface area contributed by atoms with E-state index in [4.69, 9.17) is 0 Å². The highest BCUT2D eigenvalue weighted by atomic mass is 79.9. The molecule has 7 nitrogen and oxygen atoms in total. The third kappa shape index (κ3) is 3.37. The van der Waals surface area contributed by atoms with Gasteiger partial charge < -0.3 is 5.32 Å². The van der Waals surface area contributed by atoms with Crippen LogP contribution in [0.5, 0.6) is 0 Å². The summed E-state index contributed by atoms with van der Waals surface area (Å²) < 4.78 is 2.36. The molecular formula is C15H11BrN4O3. The molecule has 0 aliphatic heterocycles. The molecule has 0 spiro atoms. The molecule has 0 radical (unpaired) electrons. The number of hydrogen-bond donors (Lipinski definition) is 1. The Balaban J connectivity index is 1.80. The lowest BCUT2D eigenvalue weighted by molar-refractivity contribution is -0.384. The minimum Gasteiger partial charge on any atom is -0.324 e. The summed E-state index contributed by atoms with van der Waals surface area (Å²) in [5.41, 5.74) is 1.18. The predicted molar refractivity (Wildman–Crippen MR) is 89.2 cm³/mol. The molecule has 3 rings (SSSR count). The van der Waals surface area contributed by atoms with Gasteiger partial charge in [-0.2, -0.15) is 5.10 Å². The van der Waals surface area contributed by atoms with Gasteiger partial charge in [0.2, 0.25) is 5.91 Å². The van der Waals surface area contributed by atoms with Crippen LogP contribution >= 0.6 is 15.9 Å². The molecule has 23 heavy (non-hydrogen) atoms. The van der Waals surface area contributed by atoms with Crippen LogP contribution in [0.15, 0.2) is 53.1 Å². The molecule has 1 aromatic heterocycles. The van der Waals surface area contributed by atoms with Crippen LogP contribution in [0.4, 0.5) is 11.4 Å². The predicted octanol–water partition coefficient (Wildman–Crippen LogP) is 3.35. The molecule has 116 valence electrons. The van der Waals surface area contributed by atoms with Crippen molar-refractivity contribution in [3.63, 3.8) is 0 Å². The molecule has 0 atom stereocenters. The second-order valence-corrected chi connectivity index (χ2v) is 5.77. The van der Waals surface area contributed by atoms with E-state index in [1.165, 1.54) is 16.8 Å². The molecule has 0 saturated heterocycles. The van der Waals surface area contributed by atoms with Gasteiger partial charge in [0.1, 0.15) is 6.54 Å². The van der Waals surface area contributed by atoms with E-state index in [0.29, 0.717) is 11.2 Å². The topological polar surface area (TPSA) is 90.1 Å². The van der Waals surface area contributed by atoms with Crippen molar-refractivity contribution in [2.75, 3.05) is 5.32 Å². The summed E-state index contributed by atoms with van der Waals surface area (Å²) in [5.74, 6) is -0.260. The van der Waals surface area contributed by atoms with Crippen molar-refractivity contribution in [1.82, 2.24) is 9.78 Å². The normalized spacial score (nSPS) is 10.7. The van der Waals surface area contributed by atoms with Crippen molar-refractivity contribution in [3.05, 3.63) is 63.2 Å². The number of halogens is 1. The Labute approximate surface area is 139 Å². The first-order chi connectivity index (χ1) is 11.0. The molecule has 0 aliphatic carbocycles. The molecule has 1 N–H and O–H groups in total. The SMILES string of the molecule is O=C(Cn1ncc2ccc([N+](=O)[O-])cc21)Nc1ccc(Br)cc1. The van der Waals surface area contributed by atoms with Gasteiger partial charge in [-0.1, -0.05) is 15.9 Å². The summed E-state index contributed by atoms with van der Waals surface area (Å²) >= 11 is 3.32. The second-order valence-electron chi connectivity index (χ2n) is 4.86. The number of nitrogens with zero attached hydrogens (tertiary/aromatic N) is 3. The Bertz CT molecular complexity index is 889. The van der Waals surface area contributed by atoms with Crippen molar-refractivity contribution in [3.8, 4) is 0 Å². The van der Waals surface area contributed by atoms with Gasteiger partial charge in [-0.05, 0) is 30.3 Å². The smallest absolute Gasteiger partial charge is 0.271 e.